The standard InChI is InChI=1S/C14H19N3O6S2/c1-5-9-16(10-6-2)25(22,23)14-8-7-12(11-13(14)17(18)19)24(20,21)15(3)4/h5-8,11H,1-2,9-10H2,3-4H3. The van der Waals surface area contributed by atoms with Crippen LogP contribution in [0.2, 0.25) is 0 Å². The van der Waals surface area contributed by atoms with Gasteiger partial charge in [0.1, 0.15) is 0 Å². The van der Waals surface area contributed by atoms with Gasteiger partial charge in [0.2, 0.25) is 20.0 Å². The third-order valence-corrected chi connectivity index (χ3v) is 6.88. The van der Waals surface area contributed by atoms with Crippen LogP contribution in [-0.2, 0) is 20.0 Å². The van der Waals surface area contributed by atoms with E-state index in [1.165, 1.54) is 26.2 Å². The van der Waals surface area contributed by atoms with Crippen molar-refractivity contribution in [2.24, 2.45) is 0 Å². The maximum absolute atomic E-state index is 12.7. The molecule has 0 saturated heterocycles. The molecule has 0 spiro atoms. The zero-order valence-electron chi connectivity index (χ0n) is 13.8. The van der Waals surface area contributed by atoms with Gasteiger partial charge in [-0.05, 0) is 12.1 Å². The number of sulfonamides is 2. The van der Waals surface area contributed by atoms with Gasteiger partial charge in [0.05, 0.1) is 9.82 Å². The van der Waals surface area contributed by atoms with Crippen LogP contribution in [-0.4, -0.2) is 57.6 Å². The molecule has 0 unspecified atom stereocenters. The monoisotopic (exact) mass is 389 g/mol. The predicted octanol–water partition coefficient (Wildman–Crippen LogP) is 1.21. The van der Waals surface area contributed by atoms with E-state index < -0.39 is 35.6 Å². The summed E-state index contributed by atoms with van der Waals surface area (Å²) in [6.45, 7) is 6.75. The van der Waals surface area contributed by atoms with Gasteiger partial charge in [-0.2, -0.15) is 4.31 Å². The van der Waals surface area contributed by atoms with Crippen molar-refractivity contribution in [3.63, 3.8) is 0 Å². The first kappa shape index (κ1) is 21.0. The van der Waals surface area contributed by atoms with Crippen molar-refractivity contribution < 1.29 is 21.8 Å². The lowest BCUT2D eigenvalue weighted by atomic mass is 10.3. The summed E-state index contributed by atoms with van der Waals surface area (Å²) in [7, 11) is -5.66. The molecule has 1 aromatic carbocycles. The zero-order chi connectivity index (χ0) is 19.4. The van der Waals surface area contributed by atoms with E-state index in [-0.39, 0.29) is 18.0 Å². The van der Waals surface area contributed by atoms with E-state index in [0.717, 1.165) is 26.8 Å². The Kier molecular flexibility index (Phi) is 6.60. The largest absolute Gasteiger partial charge is 0.290 e. The van der Waals surface area contributed by atoms with Crippen LogP contribution in [0.25, 0.3) is 0 Å². The first-order chi connectivity index (χ1) is 11.5. The van der Waals surface area contributed by atoms with Gasteiger partial charge in [-0.15, -0.1) is 13.2 Å². The molecule has 11 heteroatoms. The summed E-state index contributed by atoms with van der Waals surface area (Å²) in [6, 6.07) is 2.68. The van der Waals surface area contributed by atoms with Crippen LogP contribution in [0.3, 0.4) is 0 Å². The van der Waals surface area contributed by atoms with Crippen molar-refractivity contribution in [3.8, 4) is 0 Å². The number of benzene rings is 1. The minimum absolute atomic E-state index is 0.0801. The smallest absolute Gasteiger partial charge is 0.258 e. The Morgan fingerprint density at radius 3 is 2.00 bits per heavy atom. The van der Waals surface area contributed by atoms with Gasteiger partial charge in [-0.25, -0.2) is 21.1 Å². The molecule has 1 rings (SSSR count). The number of hydrogen-bond donors (Lipinski definition) is 0. The van der Waals surface area contributed by atoms with Crippen molar-refractivity contribution in [2.45, 2.75) is 9.79 Å². The Labute approximate surface area is 147 Å². The van der Waals surface area contributed by atoms with Gasteiger partial charge in [0, 0.05) is 33.3 Å². The van der Waals surface area contributed by atoms with E-state index in [4.69, 9.17) is 0 Å². The Balaban J connectivity index is 3.64. The molecule has 0 amide bonds. The van der Waals surface area contributed by atoms with Crippen molar-refractivity contribution in [3.05, 3.63) is 53.6 Å². The fraction of sp³-hybridized carbons (Fsp3) is 0.286. The van der Waals surface area contributed by atoms with E-state index in [1.807, 2.05) is 0 Å². The van der Waals surface area contributed by atoms with Gasteiger partial charge >= 0.3 is 0 Å². The minimum Gasteiger partial charge on any atom is -0.258 e. The van der Waals surface area contributed by atoms with Gasteiger partial charge in [-0.3, -0.25) is 10.1 Å². The fourth-order valence-electron chi connectivity index (χ4n) is 1.93. The summed E-state index contributed by atoms with van der Waals surface area (Å²) in [5, 5.41) is 11.3. The molecule has 0 aliphatic rings. The lowest BCUT2D eigenvalue weighted by Gasteiger charge is -2.19. The molecular weight excluding hydrogens is 370 g/mol. The van der Waals surface area contributed by atoms with Gasteiger partial charge in [-0.1, -0.05) is 12.2 Å². The normalized spacial score (nSPS) is 12.3. The minimum atomic E-state index is -4.24. The molecule has 0 aromatic heterocycles. The molecule has 25 heavy (non-hydrogen) atoms. The summed E-state index contributed by atoms with van der Waals surface area (Å²) in [5.41, 5.74) is -0.818. The Bertz CT molecular complexity index is 881. The van der Waals surface area contributed by atoms with Crippen LogP contribution in [0, 0.1) is 10.1 Å². The summed E-state index contributed by atoms with van der Waals surface area (Å²) >= 11 is 0. The molecule has 0 radical (unpaired) electrons. The maximum atomic E-state index is 12.7. The van der Waals surface area contributed by atoms with Crippen molar-refractivity contribution in [1.82, 2.24) is 8.61 Å². The highest BCUT2D eigenvalue weighted by Gasteiger charge is 2.32. The van der Waals surface area contributed by atoms with E-state index >= 15 is 0 Å². The van der Waals surface area contributed by atoms with E-state index in [1.54, 1.807) is 0 Å². The highest BCUT2D eigenvalue weighted by molar-refractivity contribution is 7.89. The Morgan fingerprint density at radius 2 is 1.60 bits per heavy atom. The highest BCUT2D eigenvalue weighted by Crippen LogP contribution is 2.30. The molecule has 0 N–H and O–H groups in total. The summed E-state index contributed by atoms with van der Waals surface area (Å²) in [6.07, 6.45) is 2.66. The number of rotatable bonds is 9. The SMILES string of the molecule is C=CCN(CC=C)S(=O)(=O)c1ccc(S(=O)(=O)N(C)C)cc1[N+](=O)[O-]. The lowest BCUT2D eigenvalue weighted by Crippen LogP contribution is -2.32. The number of nitro benzene ring substituents is 1. The molecule has 138 valence electrons. The fourth-order valence-corrected chi connectivity index (χ4v) is 4.37. The molecule has 0 atom stereocenters. The topological polar surface area (TPSA) is 118 Å². The third kappa shape index (κ3) is 4.31. The van der Waals surface area contributed by atoms with Crippen LogP contribution in [0.1, 0.15) is 0 Å². The van der Waals surface area contributed by atoms with E-state index in [2.05, 4.69) is 13.2 Å². The van der Waals surface area contributed by atoms with Crippen LogP contribution in [0.5, 0.6) is 0 Å². The van der Waals surface area contributed by atoms with E-state index in [0.29, 0.717) is 0 Å². The second-order valence-electron chi connectivity index (χ2n) is 5.07. The van der Waals surface area contributed by atoms with Gasteiger partial charge < -0.3 is 0 Å². The molecule has 0 heterocycles. The quantitative estimate of drug-likeness (QED) is 0.356. The zero-order valence-corrected chi connectivity index (χ0v) is 15.5. The summed E-state index contributed by atoms with van der Waals surface area (Å²) < 4.78 is 51.5. The van der Waals surface area contributed by atoms with Crippen molar-refractivity contribution in [1.29, 1.82) is 0 Å². The molecule has 0 aliphatic carbocycles. The van der Waals surface area contributed by atoms with Gasteiger partial charge in [0.15, 0.2) is 4.90 Å². The lowest BCUT2D eigenvalue weighted by molar-refractivity contribution is -0.388. The molecule has 1 aromatic rings. The van der Waals surface area contributed by atoms with Crippen LogP contribution in [0.15, 0.2) is 53.3 Å². The maximum Gasteiger partial charge on any atom is 0.290 e. The van der Waals surface area contributed by atoms with Gasteiger partial charge in [0.25, 0.3) is 5.69 Å². The molecule has 0 bridgehead atoms. The van der Waals surface area contributed by atoms with Crippen molar-refractivity contribution in [2.75, 3.05) is 27.2 Å². The summed E-state index contributed by atoms with van der Waals surface area (Å²) in [4.78, 5) is 9.43. The first-order valence-corrected chi connectivity index (χ1v) is 9.81. The Hall–Kier alpha value is -2.08. The van der Waals surface area contributed by atoms with Crippen LogP contribution < -0.4 is 0 Å². The molecular formula is C14H19N3O6S2. The summed E-state index contributed by atoms with van der Waals surface area (Å²) in [5.74, 6) is 0. The third-order valence-electron chi connectivity index (χ3n) is 3.19. The number of nitrogens with zero attached hydrogens (tertiary/aromatic N) is 3. The highest BCUT2D eigenvalue weighted by atomic mass is 32.2. The second-order valence-corrected chi connectivity index (χ2v) is 9.13. The molecule has 0 aliphatic heterocycles. The average molecular weight is 389 g/mol. The number of hydrogen-bond acceptors (Lipinski definition) is 6. The second kappa shape index (κ2) is 7.87. The molecule has 0 fully saturated rings. The van der Waals surface area contributed by atoms with E-state index in [9.17, 15) is 26.9 Å². The van der Waals surface area contributed by atoms with Crippen LogP contribution in [0.4, 0.5) is 5.69 Å². The number of nitro groups is 1. The Morgan fingerprint density at radius 1 is 1.08 bits per heavy atom. The van der Waals surface area contributed by atoms with Crippen molar-refractivity contribution >= 4 is 25.7 Å². The average Bonchev–Trinajstić information content (AvgIpc) is 2.53. The molecule has 9 nitrogen and oxygen atoms in total. The molecule has 0 saturated carbocycles. The first-order valence-electron chi connectivity index (χ1n) is 6.93. The predicted molar refractivity (Wildman–Crippen MR) is 93.1 cm³/mol. The van der Waals surface area contributed by atoms with Crippen LogP contribution >= 0.6 is 0 Å².